The molecule has 0 bridgehead atoms. The highest BCUT2D eigenvalue weighted by atomic mass is 15.2. The van der Waals surface area contributed by atoms with Crippen molar-refractivity contribution in [3.8, 4) is 17.2 Å². The third-order valence-corrected chi connectivity index (χ3v) is 10.1. The van der Waals surface area contributed by atoms with Gasteiger partial charge in [0.25, 0.3) is 0 Å². The van der Waals surface area contributed by atoms with E-state index in [4.69, 9.17) is 16.5 Å². The number of nitrogens with zero attached hydrogens (tertiary/aromatic N) is 5. The van der Waals surface area contributed by atoms with Crippen LogP contribution in [0.15, 0.2) is 140 Å². The lowest BCUT2D eigenvalue weighted by Gasteiger charge is -2.12. The van der Waals surface area contributed by atoms with Crippen molar-refractivity contribution in [3.63, 3.8) is 0 Å². The van der Waals surface area contributed by atoms with Gasteiger partial charge in [-0.1, -0.05) is 109 Å². The predicted octanol–water partition coefficient (Wildman–Crippen LogP) is 11.2. The van der Waals surface area contributed by atoms with Crippen LogP contribution in [0.5, 0.6) is 0 Å². The molecule has 0 aliphatic rings. The molecule has 7 aromatic carbocycles. The second kappa shape index (κ2) is 9.16. The van der Waals surface area contributed by atoms with Crippen LogP contribution in [0.25, 0.3) is 104 Å². The third kappa shape index (κ3) is 3.18. The maximum Gasteiger partial charge on any atom is 0.235 e. The third-order valence-electron chi connectivity index (χ3n) is 10.1. The van der Waals surface area contributed by atoms with Crippen LogP contribution in [0.2, 0.25) is 0 Å². The normalized spacial score (nSPS) is 12.1. The lowest BCUT2D eigenvalue weighted by atomic mass is 9.99. The first-order valence-electron chi connectivity index (χ1n) is 16.1. The minimum atomic E-state index is 0.605. The largest absolute Gasteiger partial charge is 0.308 e. The van der Waals surface area contributed by atoms with E-state index in [0.29, 0.717) is 11.6 Å². The zero-order chi connectivity index (χ0) is 31.5. The van der Waals surface area contributed by atoms with Gasteiger partial charge in [0.15, 0.2) is 5.69 Å². The van der Waals surface area contributed by atoms with Gasteiger partial charge in [-0.2, -0.15) is 0 Å². The fourth-order valence-corrected chi connectivity index (χ4v) is 8.07. The summed E-state index contributed by atoms with van der Waals surface area (Å²) in [4.78, 5) is 14.2. The van der Waals surface area contributed by atoms with Gasteiger partial charge in [0.2, 0.25) is 5.95 Å². The van der Waals surface area contributed by atoms with Gasteiger partial charge < -0.3 is 4.40 Å². The van der Waals surface area contributed by atoms with Gasteiger partial charge in [0, 0.05) is 37.7 Å². The van der Waals surface area contributed by atoms with Crippen molar-refractivity contribution in [1.29, 1.82) is 0 Å². The summed E-state index contributed by atoms with van der Waals surface area (Å²) in [7, 11) is 0. The molecule has 0 fully saturated rings. The number of hydrogen-bond donors (Lipinski definition) is 0. The fourth-order valence-electron chi connectivity index (χ4n) is 8.07. The van der Waals surface area contributed by atoms with Crippen molar-refractivity contribution in [3.05, 3.63) is 151 Å². The zero-order valence-corrected chi connectivity index (χ0v) is 25.5. The highest BCUT2D eigenvalue weighted by molar-refractivity contribution is 6.38. The van der Waals surface area contributed by atoms with Crippen molar-refractivity contribution in [1.82, 2.24) is 18.9 Å². The Labute approximate surface area is 273 Å². The number of benzene rings is 7. The molecule has 11 rings (SSSR count). The molecule has 0 saturated carbocycles. The molecule has 4 heterocycles. The van der Waals surface area contributed by atoms with Crippen LogP contribution in [0.4, 0.5) is 5.69 Å². The summed E-state index contributed by atoms with van der Waals surface area (Å²) in [5, 5.41) is 10.7. The van der Waals surface area contributed by atoms with Crippen LogP contribution in [0.1, 0.15) is 0 Å². The van der Waals surface area contributed by atoms with E-state index in [-0.39, 0.29) is 0 Å². The molecule has 0 saturated heterocycles. The molecule has 5 nitrogen and oxygen atoms in total. The Morgan fingerprint density at radius 1 is 0.500 bits per heavy atom. The van der Waals surface area contributed by atoms with Crippen LogP contribution >= 0.6 is 0 Å². The highest BCUT2D eigenvalue weighted by Crippen LogP contribution is 2.48. The first kappa shape index (κ1) is 25.4. The maximum absolute atomic E-state index is 7.46. The molecule has 11 aromatic rings. The van der Waals surface area contributed by atoms with E-state index in [2.05, 4.69) is 117 Å². The van der Waals surface area contributed by atoms with E-state index in [0.717, 1.165) is 33.2 Å². The van der Waals surface area contributed by atoms with Gasteiger partial charge in [-0.15, -0.1) is 0 Å². The molecule has 0 aliphatic heterocycles. The lowest BCUT2D eigenvalue weighted by Crippen LogP contribution is -2.03. The summed E-state index contributed by atoms with van der Waals surface area (Å²) in [6.07, 6.45) is 0. The molecular formula is C43H23N5. The monoisotopic (exact) mass is 609 g/mol. The molecule has 48 heavy (non-hydrogen) atoms. The molecule has 0 aliphatic carbocycles. The lowest BCUT2D eigenvalue weighted by molar-refractivity contribution is 1.01. The Hall–Kier alpha value is -6.77. The van der Waals surface area contributed by atoms with Gasteiger partial charge in [-0.25, -0.2) is 14.8 Å². The molecule has 0 N–H and O–H groups in total. The van der Waals surface area contributed by atoms with Crippen molar-refractivity contribution < 1.29 is 0 Å². The second-order valence-corrected chi connectivity index (χ2v) is 12.5. The van der Waals surface area contributed by atoms with E-state index in [1.807, 2.05) is 36.4 Å². The number of aromatic nitrogens is 4. The molecule has 5 heteroatoms. The van der Waals surface area contributed by atoms with Crippen LogP contribution in [0.3, 0.4) is 0 Å². The van der Waals surface area contributed by atoms with Gasteiger partial charge in [-0.3, -0.25) is 4.57 Å². The summed E-state index contributed by atoms with van der Waals surface area (Å²) in [6.45, 7) is 7.46. The number of rotatable bonds is 2. The summed E-state index contributed by atoms with van der Waals surface area (Å²) >= 11 is 0. The van der Waals surface area contributed by atoms with E-state index in [1.165, 1.54) is 59.6 Å². The highest BCUT2D eigenvalue weighted by Gasteiger charge is 2.26. The van der Waals surface area contributed by atoms with Gasteiger partial charge in [0.1, 0.15) is 0 Å². The number of hydrogen-bond acceptors (Lipinski definition) is 2. The molecular weight excluding hydrogens is 587 g/mol. The van der Waals surface area contributed by atoms with E-state index in [9.17, 15) is 0 Å². The number of fused-ring (bicyclic) bond motifs is 13. The average Bonchev–Trinajstić information content (AvgIpc) is 3.79. The topological polar surface area (TPSA) is 39.5 Å². The standard InChI is InChI=1S/C43H23N5/c1-44-27-21-18-26(19-22-27)41-30-13-4-7-15-33(30)45-43(46-41)48-36-23-20-25-10-2-3-11-28(25)38(36)40-37(48)24-32-29-12-5-8-16-34(29)47-35-17-9-6-14-31(35)39(40)42(32)47/h2-24H. The molecule has 0 atom stereocenters. The van der Waals surface area contributed by atoms with Crippen molar-refractivity contribution in [2.24, 2.45) is 0 Å². The Kier molecular flexibility index (Phi) is 4.85. The SMILES string of the molecule is [C-]#[N+]c1ccc(-c2nc(-n3c4ccc5ccccc5c4c4c5c6ccccc6n6c7ccccc7c(cc43)c56)nc3ccccc23)cc1. The maximum atomic E-state index is 7.46. The molecule has 0 amide bonds. The first-order chi connectivity index (χ1) is 23.8. The molecule has 4 aromatic heterocycles. The van der Waals surface area contributed by atoms with Gasteiger partial charge >= 0.3 is 0 Å². The summed E-state index contributed by atoms with van der Waals surface area (Å²) < 4.78 is 4.71. The van der Waals surface area contributed by atoms with Gasteiger partial charge in [-0.05, 0) is 46.7 Å². The fraction of sp³-hybridized carbons (Fsp3) is 0. The Morgan fingerprint density at radius 2 is 1.19 bits per heavy atom. The van der Waals surface area contributed by atoms with E-state index >= 15 is 0 Å². The van der Waals surface area contributed by atoms with E-state index in [1.54, 1.807) is 0 Å². The minimum Gasteiger partial charge on any atom is -0.308 e. The van der Waals surface area contributed by atoms with Crippen LogP contribution in [-0.4, -0.2) is 18.9 Å². The van der Waals surface area contributed by atoms with Crippen molar-refractivity contribution in [2.45, 2.75) is 0 Å². The second-order valence-electron chi connectivity index (χ2n) is 12.5. The summed E-state index contributed by atoms with van der Waals surface area (Å²) in [5.41, 5.74) is 9.08. The summed E-state index contributed by atoms with van der Waals surface area (Å²) in [5.74, 6) is 0.620. The molecule has 220 valence electrons. The summed E-state index contributed by atoms with van der Waals surface area (Å²) in [6, 6.07) is 48.8. The minimum absolute atomic E-state index is 0.605. The van der Waals surface area contributed by atoms with Crippen LogP contribution in [0, 0.1) is 6.57 Å². The van der Waals surface area contributed by atoms with Crippen molar-refractivity contribution >= 4 is 87.3 Å². The molecule has 0 spiro atoms. The average molecular weight is 610 g/mol. The first-order valence-corrected chi connectivity index (χ1v) is 16.1. The number of para-hydroxylation sites is 3. The zero-order valence-electron chi connectivity index (χ0n) is 25.5. The van der Waals surface area contributed by atoms with E-state index < -0.39 is 0 Å². The van der Waals surface area contributed by atoms with Crippen LogP contribution < -0.4 is 0 Å². The van der Waals surface area contributed by atoms with Crippen LogP contribution in [-0.2, 0) is 0 Å². The Morgan fingerprint density at radius 3 is 2.00 bits per heavy atom. The van der Waals surface area contributed by atoms with Crippen molar-refractivity contribution in [2.75, 3.05) is 0 Å². The molecule has 0 unspecified atom stereocenters. The smallest absolute Gasteiger partial charge is 0.235 e. The predicted molar refractivity (Wildman–Crippen MR) is 198 cm³/mol. The quantitative estimate of drug-likeness (QED) is 0.183. The van der Waals surface area contributed by atoms with Gasteiger partial charge in [0.05, 0.1) is 45.4 Å². The molecule has 0 radical (unpaired) electrons. The Balaban J connectivity index is 1.39. The Bertz CT molecular complexity index is 3170.